The Morgan fingerprint density at radius 2 is 2.11 bits per heavy atom. The maximum atomic E-state index is 12.4. The van der Waals surface area contributed by atoms with Crippen molar-refractivity contribution in [2.24, 2.45) is 17.8 Å². The molecule has 0 aromatic carbocycles. The topological polar surface area (TPSA) is 91.1 Å². The molecule has 8 nitrogen and oxygen atoms in total. The summed E-state index contributed by atoms with van der Waals surface area (Å²) in [5, 5.41) is 3.79. The first kappa shape index (κ1) is 20.2. The van der Waals surface area contributed by atoms with Gasteiger partial charge in [-0.15, -0.1) is 0 Å². The zero-order valence-electron chi connectivity index (χ0n) is 16.6. The van der Waals surface area contributed by atoms with E-state index in [1.165, 1.54) is 12.0 Å². The van der Waals surface area contributed by atoms with Crippen molar-refractivity contribution in [3.05, 3.63) is 17.9 Å². The second kappa shape index (κ2) is 9.12. The van der Waals surface area contributed by atoms with Crippen LogP contribution in [0.1, 0.15) is 38.4 Å². The highest BCUT2D eigenvalue weighted by atomic mass is 16.6. The number of fused-ring (bicyclic) bond motifs is 1. The number of amides is 1. The maximum Gasteiger partial charge on any atom is 0.410 e. The van der Waals surface area contributed by atoms with E-state index in [9.17, 15) is 9.59 Å². The SMILES string of the molecule is CCOC(=O)C1CC2CC(C=Cc3cc(OC)no3)CCC2CN1C(=O)OC. The number of aromatic nitrogens is 1. The van der Waals surface area contributed by atoms with E-state index in [-0.39, 0.29) is 5.97 Å². The normalized spacial score (nSPS) is 27.3. The van der Waals surface area contributed by atoms with Gasteiger partial charge in [0.15, 0.2) is 5.76 Å². The summed E-state index contributed by atoms with van der Waals surface area (Å²) in [7, 11) is 2.89. The fourth-order valence-electron chi connectivity index (χ4n) is 4.32. The lowest BCUT2D eigenvalue weighted by Crippen LogP contribution is -2.54. The summed E-state index contributed by atoms with van der Waals surface area (Å²) in [4.78, 5) is 26.1. The van der Waals surface area contributed by atoms with Crippen molar-refractivity contribution < 1.29 is 28.3 Å². The van der Waals surface area contributed by atoms with E-state index in [2.05, 4.69) is 11.2 Å². The highest BCUT2D eigenvalue weighted by molar-refractivity contribution is 5.81. The number of nitrogens with zero attached hydrogens (tertiary/aromatic N) is 2. The van der Waals surface area contributed by atoms with Gasteiger partial charge in [0, 0.05) is 12.6 Å². The van der Waals surface area contributed by atoms with Gasteiger partial charge in [-0.3, -0.25) is 4.90 Å². The largest absolute Gasteiger partial charge is 0.479 e. The Labute approximate surface area is 164 Å². The van der Waals surface area contributed by atoms with E-state index in [1.54, 1.807) is 20.1 Å². The van der Waals surface area contributed by atoms with Crippen molar-refractivity contribution in [1.29, 1.82) is 0 Å². The molecule has 28 heavy (non-hydrogen) atoms. The molecule has 2 fully saturated rings. The van der Waals surface area contributed by atoms with Gasteiger partial charge in [-0.2, -0.15) is 0 Å². The first-order valence-corrected chi connectivity index (χ1v) is 9.75. The number of allylic oxidation sites excluding steroid dienone is 1. The molecular weight excluding hydrogens is 364 g/mol. The van der Waals surface area contributed by atoms with E-state index < -0.39 is 12.1 Å². The van der Waals surface area contributed by atoms with Crippen LogP contribution in [0.4, 0.5) is 4.79 Å². The zero-order chi connectivity index (χ0) is 20.1. The lowest BCUT2D eigenvalue weighted by molar-refractivity contribution is -0.152. The Balaban J connectivity index is 1.66. The van der Waals surface area contributed by atoms with Crippen molar-refractivity contribution in [2.45, 2.75) is 38.6 Å². The molecule has 1 aromatic heterocycles. The number of likely N-dealkylation sites (tertiary alicyclic amines) is 1. The lowest BCUT2D eigenvalue weighted by Gasteiger charge is -2.45. The van der Waals surface area contributed by atoms with Crippen LogP contribution in [-0.4, -0.2) is 55.5 Å². The fourth-order valence-corrected chi connectivity index (χ4v) is 4.32. The summed E-state index contributed by atoms with van der Waals surface area (Å²) in [5.41, 5.74) is 0. The first-order chi connectivity index (χ1) is 13.5. The minimum Gasteiger partial charge on any atom is -0.479 e. The molecule has 154 valence electrons. The predicted molar refractivity (Wildman–Crippen MR) is 101 cm³/mol. The van der Waals surface area contributed by atoms with Gasteiger partial charge in [-0.25, -0.2) is 9.59 Å². The Hall–Kier alpha value is -2.51. The molecule has 1 amide bonds. The van der Waals surface area contributed by atoms with Gasteiger partial charge in [-0.1, -0.05) is 6.08 Å². The van der Waals surface area contributed by atoms with Crippen molar-refractivity contribution >= 4 is 18.1 Å². The number of hydrogen-bond acceptors (Lipinski definition) is 7. The summed E-state index contributed by atoms with van der Waals surface area (Å²) >= 11 is 0. The van der Waals surface area contributed by atoms with Crippen LogP contribution in [0.5, 0.6) is 5.88 Å². The third-order valence-corrected chi connectivity index (χ3v) is 5.73. The molecule has 2 heterocycles. The highest BCUT2D eigenvalue weighted by Crippen LogP contribution is 2.42. The van der Waals surface area contributed by atoms with Crippen molar-refractivity contribution in [1.82, 2.24) is 10.1 Å². The first-order valence-electron chi connectivity index (χ1n) is 9.75. The molecule has 1 aromatic rings. The van der Waals surface area contributed by atoms with Crippen molar-refractivity contribution in [3.63, 3.8) is 0 Å². The standard InChI is InChI=1S/C20H28N2O6/c1-4-27-19(23)17-10-15-9-13(6-8-16-11-18(25-2)21-28-16)5-7-14(15)12-22(17)20(24)26-3/h6,8,11,13-15,17H,4-5,7,9-10,12H2,1-3H3. The third-order valence-electron chi connectivity index (χ3n) is 5.73. The second-order valence-electron chi connectivity index (χ2n) is 7.35. The molecule has 0 spiro atoms. The van der Waals surface area contributed by atoms with Crippen LogP contribution in [0.2, 0.25) is 0 Å². The third kappa shape index (κ3) is 4.48. The molecule has 0 N–H and O–H groups in total. The van der Waals surface area contributed by atoms with Crippen LogP contribution in [0, 0.1) is 17.8 Å². The molecule has 2 aliphatic rings. The van der Waals surface area contributed by atoms with Crippen LogP contribution < -0.4 is 4.74 Å². The van der Waals surface area contributed by atoms with Gasteiger partial charge in [0.2, 0.25) is 0 Å². The van der Waals surface area contributed by atoms with Crippen LogP contribution in [0.25, 0.3) is 6.08 Å². The van der Waals surface area contributed by atoms with Crippen molar-refractivity contribution in [3.8, 4) is 5.88 Å². The summed E-state index contributed by atoms with van der Waals surface area (Å²) in [5.74, 6) is 1.89. The van der Waals surface area contributed by atoms with Crippen LogP contribution in [-0.2, 0) is 14.3 Å². The molecule has 4 atom stereocenters. The van der Waals surface area contributed by atoms with Gasteiger partial charge in [0.25, 0.3) is 5.88 Å². The molecule has 8 heteroatoms. The summed E-state index contributed by atoms with van der Waals surface area (Å²) in [6.45, 7) is 2.60. The number of ether oxygens (including phenoxy) is 3. The summed E-state index contributed by atoms with van der Waals surface area (Å²) in [6, 6.07) is 1.17. The van der Waals surface area contributed by atoms with Gasteiger partial charge < -0.3 is 18.7 Å². The Morgan fingerprint density at radius 3 is 2.79 bits per heavy atom. The van der Waals surface area contributed by atoms with Gasteiger partial charge in [0.05, 0.1) is 20.8 Å². The molecule has 4 unspecified atom stereocenters. The van der Waals surface area contributed by atoms with Gasteiger partial charge in [0.1, 0.15) is 6.04 Å². The zero-order valence-corrected chi connectivity index (χ0v) is 16.6. The van der Waals surface area contributed by atoms with Gasteiger partial charge in [-0.05, 0) is 61.6 Å². The molecular formula is C20H28N2O6. The number of carbonyl (C=O) groups is 2. The molecule has 1 aliphatic heterocycles. The number of rotatable bonds is 5. The summed E-state index contributed by atoms with van der Waals surface area (Å²) in [6.07, 6.45) is 7.22. The minimum atomic E-state index is -0.574. The monoisotopic (exact) mass is 392 g/mol. The minimum absolute atomic E-state index is 0.296. The maximum absolute atomic E-state index is 12.4. The van der Waals surface area contributed by atoms with Crippen LogP contribution >= 0.6 is 0 Å². The quantitative estimate of drug-likeness (QED) is 0.711. The predicted octanol–water partition coefficient (Wildman–Crippen LogP) is 3.13. The van der Waals surface area contributed by atoms with E-state index in [4.69, 9.17) is 18.7 Å². The number of piperidine rings is 1. The second-order valence-corrected chi connectivity index (χ2v) is 7.35. The molecule has 0 bridgehead atoms. The Bertz CT molecular complexity index is 715. The highest BCUT2D eigenvalue weighted by Gasteiger charge is 2.44. The van der Waals surface area contributed by atoms with Crippen molar-refractivity contribution in [2.75, 3.05) is 27.4 Å². The average molecular weight is 392 g/mol. The molecule has 1 saturated heterocycles. The molecule has 1 saturated carbocycles. The lowest BCUT2D eigenvalue weighted by atomic mass is 9.69. The molecule has 0 radical (unpaired) electrons. The van der Waals surface area contributed by atoms with Crippen LogP contribution in [0.3, 0.4) is 0 Å². The van der Waals surface area contributed by atoms with E-state index in [0.29, 0.717) is 49.0 Å². The van der Waals surface area contributed by atoms with E-state index in [0.717, 1.165) is 19.3 Å². The summed E-state index contributed by atoms with van der Waals surface area (Å²) < 4.78 is 20.3. The molecule has 1 aliphatic carbocycles. The van der Waals surface area contributed by atoms with E-state index >= 15 is 0 Å². The Morgan fingerprint density at radius 1 is 1.29 bits per heavy atom. The van der Waals surface area contributed by atoms with Gasteiger partial charge >= 0.3 is 12.1 Å². The Kier molecular flexibility index (Phi) is 6.59. The number of esters is 1. The fraction of sp³-hybridized carbons (Fsp3) is 0.650. The number of carbonyl (C=O) groups excluding carboxylic acids is 2. The number of hydrogen-bond donors (Lipinski definition) is 0. The van der Waals surface area contributed by atoms with E-state index in [1.807, 2.05) is 6.08 Å². The number of methoxy groups -OCH3 is 2. The van der Waals surface area contributed by atoms with Crippen LogP contribution in [0.15, 0.2) is 16.7 Å². The smallest absolute Gasteiger partial charge is 0.410 e. The molecule has 3 rings (SSSR count). The average Bonchev–Trinajstić information content (AvgIpc) is 3.18.